The van der Waals surface area contributed by atoms with Crippen LogP contribution < -0.4 is 5.32 Å². The van der Waals surface area contributed by atoms with Gasteiger partial charge in [0.1, 0.15) is 5.60 Å². The zero-order chi connectivity index (χ0) is 17.7. The SMILES string of the molecule is CC(C)(C)OC(=O)Nc1cccc(Cc2ccccc2C(=O)O)c1. The molecule has 0 aliphatic carbocycles. The van der Waals surface area contributed by atoms with E-state index in [-0.39, 0.29) is 5.56 Å². The average Bonchev–Trinajstić information content (AvgIpc) is 2.45. The first-order valence-electron chi connectivity index (χ1n) is 7.65. The van der Waals surface area contributed by atoms with Crippen LogP contribution in [0.15, 0.2) is 48.5 Å². The molecule has 24 heavy (non-hydrogen) atoms. The molecule has 0 saturated carbocycles. The molecule has 5 heteroatoms. The summed E-state index contributed by atoms with van der Waals surface area (Å²) >= 11 is 0. The fraction of sp³-hybridized carbons (Fsp3) is 0.263. The summed E-state index contributed by atoms with van der Waals surface area (Å²) < 4.78 is 5.22. The van der Waals surface area contributed by atoms with Crippen molar-refractivity contribution in [2.24, 2.45) is 0 Å². The maximum atomic E-state index is 11.8. The minimum atomic E-state index is -0.950. The first kappa shape index (κ1) is 17.5. The van der Waals surface area contributed by atoms with Crippen molar-refractivity contribution in [3.05, 3.63) is 65.2 Å². The standard InChI is InChI=1S/C19H21NO4/c1-19(2,3)24-18(23)20-15-9-6-7-13(12-15)11-14-8-4-5-10-16(14)17(21)22/h4-10,12H,11H2,1-3H3,(H,20,23)(H,21,22). The Morgan fingerprint density at radius 2 is 1.79 bits per heavy atom. The topological polar surface area (TPSA) is 75.6 Å². The van der Waals surface area contributed by atoms with E-state index in [1.54, 1.807) is 45.0 Å². The van der Waals surface area contributed by atoms with Crippen molar-refractivity contribution in [1.82, 2.24) is 0 Å². The largest absolute Gasteiger partial charge is 0.478 e. The number of carboxylic acid groups (broad SMARTS) is 1. The van der Waals surface area contributed by atoms with Gasteiger partial charge in [-0.1, -0.05) is 30.3 Å². The molecule has 2 aromatic carbocycles. The Labute approximate surface area is 141 Å². The third-order valence-corrected chi connectivity index (χ3v) is 3.21. The van der Waals surface area contributed by atoms with Crippen molar-refractivity contribution < 1.29 is 19.4 Å². The van der Waals surface area contributed by atoms with Crippen molar-refractivity contribution >= 4 is 17.7 Å². The Balaban J connectivity index is 2.14. The minimum Gasteiger partial charge on any atom is -0.478 e. The first-order valence-corrected chi connectivity index (χ1v) is 7.65. The van der Waals surface area contributed by atoms with Crippen LogP contribution in [-0.2, 0) is 11.2 Å². The van der Waals surface area contributed by atoms with Crippen molar-refractivity contribution in [1.29, 1.82) is 0 Å². The molecule has 0 bridgehead atoms. The van der Waals surface area contributed by atoms with Crippen LogP contribution in [-0.4, -0.2) is 22.8 Å². The lowest BCUT2D eigenvalue weighted by Gasteiger charge is -2.19. The lowest BCUT2D eigenvalue weighted by molar-refractivity contribution is 0.0634. The van der Waals surface area contributed by atoms with Gasteiger partial charge in [0.25, 0.3) is 0 Å². The third kappa shape index (κ3) is 5.12. The van der Waals surface area contributed by atoms with Crippen LogP contribution in [0.3, 0.4) is 0 Å². The van der Waals surface area contributed by atoms with Crippen LogP contribution in [0.25, 0.3) is 0 Å². The Morgan fingerprint density at radius 1 is 1.08 bits per heavy atom. The van der Waals surface area contributed by atoms with Gasteiger partial charge < -0.3 is 9.84 Å². The summed E-state index contributed by atoms with van der Waals surface area (Å²) in [4.78, 5) is 23.1. The second kappa shape index (κ2) is 7.17. The molecule has 0 saturated heterocycles. The monoisotopic (exact) mass is 327 g/mol. The van der Waals surface area contributed by atoms with Gasteiger partial charge in [0.05, 0.1) is 5.56 Å². The molecular formula is C19H21NO4. The maximum Gasteiger partial charge on any atom is 0.412 e. The number of nitrogens with one attached hydrogen (secondary N) is 1. The van der Waals surface area contributed by atoms with Gasteiger partial charge in [0.2, 0.25) is 0 Å². The van der Waals surface area contributed by atoms with Gasteiger partial charge in [-0.15, -0.1) is 0 Å². The minimum absolute atomic E-state index is 0.281. The second-order valence-electron chi connectivity index (χ2n) is 6.47. The number of carboxylic acids is 1. The molecule has 0 atom stereocenters. The van der Waals surface area contributed by atoms with E-state index in [2.05, 4.69) is 5.32 Å². The smallest absolute Gasteiger partial charge is 0.412 e. The molecule has 0 radical (unpaired) electrons. The predicted octanol–water partition coefficient (Wildman–Crippen LogP) is 4.32. The van der Waals surface area contributed by atoms with Crippen LogP contribution in [0, 0.1) is 0 Å². The van der Waals surface area contributed by atoms with Crippen molar-refractivity contribution in [3.8, 4) is 0 Å². The average molecular weight is 327 g/mol. The second-order valence-corrected chi connectivity index (χ2v) is 6.47. The van der Waals surface area contributed by atoms with Crippen LogP contribution in [0.5, 0.6) is 0 Å². The molecular weight excluding hydrogens is 306 g/mol. The van der Waals surface area contributed by atoms with E-state index in [9.17, 15) is 14.7 Å². The normalized spacial score (nSPS) is 11.0. The molecule has 0 spiro atoms. The molecule has 2 rings (SSSR count). The number of rotatable bonds is 4. The molecule has 0 heterocycles. The van der Waals surface area contributed by atoms with Crippen molar-refractivity contribution in [3.63, 3.8) is 0 Å². The number of anilines is 1. The number of ether oxygens (including phenoxy) is 1. The number of amides is 1. The lowest BCUT2D eigenvalue weighted by atomic mass is 9.99. The predicted molar refractivity (Wildman–Crippen MR) is 92.5 cm³/mol. The molecule has 5 nitrogen and oxygen atoms in total. The van der Waals surface area contributed by atoms with Gasteiger partial charge in [-0.25, -0.2) is 9.59 Å². The summed E-state index contributed by atoms with van der Waals surface area (Å²) in [6.07, 6.45) is -0.0580. The van der Waals surface area contributed by atoms with E-state index >= 15 is 0 Å². The van der Waals surface area contributed by atoms with Crippen LogP contribution in [0.2, 0.25) is 0 Å². The molecule has 0 fully saturated rings. The van der Waals surface area contributed by atoms with Crippen LogP contribution in [0.1, 0.15) is 42.3 Å². The zero-order valence-electron chi connectivity index (χ0n) is 14.0. The van der Waals surface area contributed by atoms with E-state index in [1.165, 1.54) is 0 Å². The molecule has 1 amide bonds. The fourth-order valence-corrected chi connectivity index (χ4v) is 2.28. The van der Waals surface area contributed by atoms with Gasteiger partial charge >= 0.3 is 12.1 Å². The van der Waals surface area contributed by atoms with Gasteiger partial charge in [0, 0.05) is 5.69 Å². The molecule has 0 unspecified atom stereocenters. The summed E-state index contributed by atoms with van der Waals surface area (Å²) in [5.41, 5.74) is 1.94. The maximum absolute atomic E-state index is 11.8. The molecule has 0 aliphatic heterocycles. The molecule has 126 valence electrons. The highest BCUT2D eigenvalue weighted by atomic mass is 16.6. The lowest BCUT2D eigenvalue weighted by Crippen LogP contribution is -2.27. The summed E-state index contributed by atoms with van der Waals surface area (Å²) in [5, 5.41) is 11.9. The number of benzene rings is 2. The Bertz CT molecular complexity index is 747. The number of carbonyl (C=O) groups is 2. The molecule has 2 aromatic rings. The summed E-state index contributed by atoms with van der Waals surface area (Å²) in [5.74, 6) is -0.950. The number of hydrogen-bond donors (Lipinski definition) is 2. The van der Waals surface area contributed by atoms with Gasteiger partial charge in [-0.05, 0) is 56.5 Å². The summed E-state index contributed by atoms with van der Waals surface area (Å²) in [6.45, 7) is 5.39. The van der Waals surface area contributed by atoms with E-state index in [4.69, 9.17) is 4.74 Å². The van der Waals surface area contributed by atoms with Gasteiger partial charge in [-0.3, -0.25) is 5.32 Å². The quantitative estimate of drug-likeness (QED) is 0.877. The van der Waals surface area contributed by atoms with E-state index in [1.807, 2.05) is 24.3 Å². The first-order chi connectivity index (χ1) is 11.2. The molecule has 2 N–H and O–H groups in total. The highest BCUT2D eigenvalue weighted by molar-refractivity contribution is 5.89. The van der Waals surface area contributed by atoms with Crippen LogP contribution >= 0.6 is 0 Å². The number of hydrogen-bond acceptors (Lipinski definition) is 3. The van der Waals surface area contributed by atoms with E-state index in [0.717, 1.165) is 11.1 Å². The third-order valence-electron chi connectivity index (χ3n) is 3.21. The highest BCUT2D eigenvalue weighted by Gasteiger charge is 2.16. The van der Waals surface area contributed by atoms with Crippen molar-refractivity contribution in [2.45, 2.75) is 32.8 Å². The number of carbonyl (C=O) groups excluding carboxylic acids is 1. The van der Waals surface area contributed by atoms with Crippen LogP contribution in [0.4, 0.5) is 10.5 Å². The Kier molecular flexibility index (Phi) is 5.24. The van der Waals surface area contributed by atoms with Gasteiger partial charge in [0.15, 0.2) is 0 Å². The Morgan fingerprint density at radius 3 is 2.46 bits per heavy atom. The van der Waals surface area contributed by atoms with E-state index in [0.29, 0.717) is 12.1 Å². The number of aromatic carboxylic acids is 1. The summed E-state index contributed by atoms with van der Waals surface area (Å²) in [7, 11) is 0. The van der Waals surface area contributed by atoms with E-state index < -0.39 is 17.7 Å². The Hall–Kier alpha value is -2.82. The van der Waals surface area contributed by atoms with Crippen molar-refractivity contribution in [2.75, 3.05) is 5.32 Å². The van der Waals surface area contributed by atoms with Gasteiger partial charge in [-0.2, -0.15) is 0 Å². The fourth-order valence-electron chi connectivity index (χ4n) is 2.28. The highest BCUT2D eigenvalue weighted by Crippen LogP contribution is 2.18. The zero-order valence-corrected chi connectivity index (χ0v) is 14.0. The molecule has 0 aliphatic rings. The molecule has 0 aromatic heterocycles. The summed E-state index contributed by atoms with van der Waals surface area (Å²) in [6, 6.07) is 14.2.